The quantitative estimate of drug-likeness (QED) is 0.198. The summed E-state index contributed by atoms with van der Waals surface area (Å²) in [5, 5.41) is 15.7. The van der Waals surface area contributed by atoms with E-state index in [2.05, 4.69) is 27.3 Å². The van der Waals surface area contributed by atoms with E-state index in [1.807, 2.05) is 38.4 Å². The SMILES string of the molecule is Cc1ccc(-c2c(C3CCCCC3)c3ccc(C(=O)NC(C)(C)C(=O)Nc4ccc(/C=C/C(=O)O)cc4)cc3n2C)nc1. The number of aromatic nitrogens is 2. The second-order valence-electron chi connectivity index (χ2n) is 11.9. The number of fused-ring (bicyclic) bond motifs is 1. The Labute approximate surface area is 251 Å². The van der Waals surface area contributed by atoms with Gasteiger partial charge >= 0.3 is 5.97 Å². The molecule has 2 amide bonds. The zero-order chi connectivity index (χ0) is 30.7. The molecule has 0 spiro atoms. The number of nitrogens with one attached hydrogen (secondary N) is 2. The lowest BCUT2D eigenvalue weighted by Gasteiger charge is -2.25. The molecular weight excluding hydrogens is 540 g/mol. The molecule has 222 valence electrons. The van der Waals surface area contributed by atoms with E-state index >= 15 is 0 Å². The summed E-state index contributed by atoms with van der Waals surface area (Å²) in [6.07, 6.45) is 10.4. The Hall–Kier alpha value is -4.72. The first-order valence-corrected chi connectivity index (χ1v) is 14.7. The van der Waals surface area contributed by atoms with Crippen molar-refractivity contribution in [3.8, 4) is 11.4 Å². The molecule has 4 aromatic rings. The Morgan fingerprint density at radius 1 is 1.00 bits per heavy atom. The second kappa shape index (κ2) is 12.3. The third-order valence-corrected chi connectivity index (χ3v) is 8.25. The van der Waals surface area contributed by atoms with Gasteiger partial charge in [-0.05, 0) is 92.6 Å². The number of aliphatic carboxylic acids is 1. The fraction of sp³-hybridized carbons (Fsp3) is 0.314. The molecule has 1 fully saturated rings. The Balaban J connectivity index is 1.39. The Morgan fingerprint density at radius 3 is 2.37 bits per heavy atom. The van der Waals surface area contributed by atoms with Crippen LogP contribution in [0.15, 0.2) is 66.9 Å². The van der Waals surface area contributed by atoms with Crippen LogP contribution in [-0.2, 0) is 16.6 Å². The molecule has 1 saturated carbocycles. The lowest BCUT2D eigenvalue weighted by atomic mass is 9.82. The highest BCUT2D eigenvalue weighted by Crippen LogP contribution is 2.43. The maximum absolute atomic E-state index is 13.5. The van der Waals surface area contributed by atoms with Gasteiger partial charge in [-0.15, -0.1) is 0 Å². The Bertz CT molecular complexity index is 1690. The van der Waals surface area contributed by atoms with E-state index < -0.39 is 11.5 Å². The van der Waals surface area contributed by atoms with Gasteiger partial charge in [-0.1, -0.05) is 43.5 Å². The number of benzene rings is 2. The van der Waals surface area contributed by atoms with Crippen molar-refractivity contribution in [1.29, 1.82) is 0 Å². The van der Waals surface area contributed by atoms with Crippen LogP contribution in [0.3, 0.4) is 0 Å². The summed E-state index contributed by atoms with van der Waals surface area (Å²) >= 11 is 0. The lowest BCUT2D eigenvalue weighted by molar-refractivity contribution is -0.131. The van der Waals surface area contributed by atoms with Crippen LogP contribution in [-0.4, -0.2) is 38.0 Å². The topological polar surface area (TPSA) is 113 Å². The highest BCUT2D eigenvalue weighted by molar-refractivity contribution is 6.05. The molecular formula is C35H38N4O4. The van der Waals surface area contributed by atoms with E-state index in [4.69, 9.17) is 10.1 Å². The molecule has 0 bridgehead atoms. The molecule has 0 unspecified atom stereocenters. The highest BCUT2D eigenvalue weighted by Gasteiger charge is 2.31. The average molecular weight is 579 g/mol. The molecule has 1 aliphatic rings. The number of carboxylic acid groups (broad SMARTS) is 1. The first-order chi connectivity index (χ1) is 20.5. The maximum atomic E-state index is 13.5. The highest BCUT2D eigenvalue weighted by atomic mass is 16.4. The monoisotopic (exact) mass is 578 g/mol. The Morgan fingerprint density at radius 2 is 1.72 bits per heavy atom. The van der Waals surface area contributed by atoms with E-state index in [0.29, 0.717) is 22.7 Å². The van der Waals surface area contributed by atoms with Gasteiger partial charge in [0.25, 0.3) is 5.91 Å². The molecule has 3 N–H and O–H groups in total. The number of aryl methyl sites for hydroxylation is 2. The van der Waals surface area contributed by atoms with E-state index in [1.54, 1.807) is 38.1 Å². The molecule has 0 atom stereocenters. The van der Waals surface area contributed by atoms with Gasteiger partial charge in [0.1, 0.15) is 5.54 Å². The van der Waals surface area contributed by atoms with Crippen LogP contribution in [0.25, 0.3) is 28.4 Å². The van der Waals surface area contributed by atoms with E-state index in [-0.39, 0.29) is 11.8 Å². The summed E-state index contributed by atoms with van der Waals surface area (Å²) < 4.78 is 2.15. The minimum absolute atomic E-state index is 0.341. The van der Waals surface area contributed by atoms with Crippen molar-refractivity contribution in [2.75, 3.05) is 5.32 Å². The van der Waals surface area contributed by atoms with Crippen LogP contribution in [0.4, 0.5) is 5.69 Å². The van der Waals surface area contributed by atoms with Crippen LogP contribution < -0.4 is 10.6 Å². The summed E-state index contributed by atoms with van der Waals surface area (Å²) in [7, 11) is 2.04. The molecule has 8 heteroatoms. The predicted octanol–water partition coefficient (Wildman–Crippen LogP) is 6.84. The smallest absolute Gasteiger partial charge is 0.328 e. The molecule has 8 nitrogen and oxygen atoms in total. The summed E-state index contributed by atoms with van der Waals surface area (Å²) in [4.78, 5) is 42.1. The lowest BCUT2D eigenvalue weighted by Crippen LogP contribution is -2.52. The number of anilines is 1. The van der Waals surface area contributed by atoms with Crippen LogP contribution >= 0.6 is 0 Å². The zero-order valence-corrected chi connectivity index (χ0v) is 25.1. The summed E-state index contributed by atoms with van der Waals surface area (Å²) in [6, 6.07) is 16.7. The first-order valence-electron chi connectivity index (χ1n) is 14.7. The molecule has 43 heavy (non-hydrogen) atoms. The molecule has 0 radical (unpaired) electrons. The van der Waals surface area contributed by atoms with Gasteiger partial charge in [0.2, 0.25) is 5.91 Å². The number of carbonyl (C=O) groups excluding carboxylic acids is 2. The third kappa shape index (κ3) is 6.53. The normalized spacial score (nSPS) is 14.2. The van der Waals surface area contributed by atoms with Gasteiger partial charge in [-0.3, -0.25) is 14.6 Å². The summed E-state index contributed by atoms with van der Waals surface area (Å²) in [5.41, 5.74) is 5.92. The molecule has 2 aromatic heterocycles. The van der Waals surface area contributed by atoms with Gasteiger partial charge in [-0.2, -0.15) is 0 Å². The number of carboxylic acids is 1. The van der Waals surface area contributed by atoms with Gasteiger partial charge in [0.05, 0.1) is 11.4 Å². The van der Waals surface area contributed by atoms with Crippen LogP contribution in [0.1, 0.15) is 78.9 Å². The number of carbonyl (C=O) groups is 3. The molecule has 2 heterocycles. The standard InChI is InChI=1S/C35H38N4O4/c1-22-10-18-28(36-21-22)32-31(24-8-6-5-7-9-24)27-17-14-25(20-29(27)39(32)4)33(42)38-35(2,3)34(43)37-26-15-11-23(12-16-26)13-19-30(40)41/h10-21,24H,5-9H2,1-4H3,(H,37,43)(H,38,42)(H,40,41)/b19-13+. The van der Waals surface area contributed by atoms with Crippen LogP contribution in [0.5, 0.6) is 0 Å². The third-order valence-electron chi connectivity index (χ3n) is 8.25. The van der Waals surface area contributed by atoms with E-state index in [0.717, 1.165) is 46.8 Å². The van der Waals surface area contributed by atoms with Crippen molar-refractivity contribution in [3.63, 3.8) is 0 Å². The summed E-state index contributed by atoms with van der Waals surface area (Å²) in [5.74, 6) is -1.30. The van der Waals surface area contributed by atoms with E-state index in [9.17, 15) is 14.4 Å². The molecule has 2 aromatic carbocycles. The minimum atomic E-state index is -1.20. The number of amides is 2. The fourth-order valence-corrected chi connectivity index (χ4v) is 5.87. The van der Waals surface area contributed by atoms with Gasteiger partial charge in [-0.25, -0.2) is 4.79 Å². The number of rotatable bonds is 8. The second-order valence-corrected chi connectivity index (χ2v) is 11.9. The average Bonchev–Trinajstić information content (AvgIpc) is 3.28. The van der Waals surface area contributed by atoms with Crippen molar-refractivity contribution in [2.45, 2.75) is 64.3 Å². The van der Waals surface area contributed by atoms with Crippen LogP contribution in [0, 0.1) is 6.92 Å². The van der Waals surface area contributed by atoms with Gasteiger partial charge in [0, 0.05) is 41.5 Å². The first kappa shape index (κ1) is 29.8. The maximum Gasteiger partial charge on any atom is 0.328 e. The largest absolute Gasteiger partial charge is 0.478 e. The molecule has 1 aliphatic carbocycles. The predicted molar refractivity (Wildman–Crippen MR) is 170 cm³/mol. The van der Waals surface area contributed by atoms with Gasteiger partial charge < -0.3 is 20.3 Å². The van der Waals surface area contributed by atoms with Gasteiger partial charge in [0.15, 0.2) is 0 Å². The number of hydrogen-bond acceptors (Lipinski definition) is 4. The van der Waals surface area contributed by atoms with Crippen LogP contribution in [0.2, 0.25) is 0 Å². The van der Waals surface area contributed by atoms with Crippen molar-refractivity contribution < 1.29 is 19.5 Å². The Kier molecular flexibility index (Phi) is 8.48. The number of nitrogens with zero attached hydrogens (tertiary/aromatic N) is 2. The number of hydrogen-bond donors (Lipinski definition) is 3. The zero-order valence-electron chi connectivity index (χ0n) is 25.1. The van der Waals surface area contributed by atoms with Crippen molar-refractivity contribution >= 4 is 40.4 Å². The minimum Gasteiger partial charge on any atom is -0.478 e. The van der Waals surface area contributed by atoms with Crippen molar-refractivity contribution in [3.05, 3.63) is 89.1 Å². The van der Waals surface area contributed by atoms with E-state index in [1.165, 1.54) is 30.9 Å². The molecule has 5 rings (SSSR count). The molecule has 0 aliphatic heterocycles. The number of pyridine rings is 1. The fourth-order valence-electron chi connectivity index (χ4n) is 5.87. The van der Waals surface area contributed by atoms with Crippen molar-refractivity contribution in [1.82, 2.24) is 14.9 Å². The van der Waals surface area contributed by atoms with Crippen molar-refractivity contribution in [2.24, 2.45) is 7.05 Å². The summed E-state index contributed by atoms with van der Waals surface area (Å²) in [6.45, 7) is 5.35. The molecule has 0 saturated heterocycles.